The highest BCUT2D eigenvalue weighted by atomic mass is 16.5. The van der Waals surface area contributed by atoms with Crippen LogP contribution in [0.4, 0.5) is 0 Å². The normalized spacial score (nSPS) is 16.6. The third-order valence-corrected chi connectivity index (χ3v) is 1.92. The molecule has 2 N–H and O–H groups in total. The molecule has 0 atom stereocenters. The van der Waals surface area contributed by atoms with Crippen LogP contribution in [0.25, 0.3) is 0 Å². The van der Waals surface area contributed by atoms with Gasteiger partial charge in [-0.3, -0.25) is 0 Å². The zero-order chi connectivity index (χ0) is 10.1. The number of hydrogen-bond donors (Lipinski definition) is 2. The van der Waals surface area contributed by atoms with Crippen LogP contribution in [-0.2, 0) is 9.53 Å². The van der Waals surface area contributed by atoms with Crippen LogP contribution in [0.5, 0.6) is 0 Å². The second-order valence-electron chi connectivity index (χ2n) is 4.02. The number of carbonyl (C=O) groups excluding carboxylic acids is 1. The second-order valence-corrected chi connectivity index (χ2v) is 4.02. The van der Waals surface area contributed by atoms with E-state index in [-0.39, 0.29) is 11.4 Å². The molecule has 1 aliphatic rings. The average molecular weight is 184 g/mol. The van der Waals surface area contributed by atoms with Crippen LogP contribution in [-0.4, -0.2) is 19.7 Å². The Labute approximate surface area is 78.3 Å². The van der Waals surface area contributed by atoms with Gasteiger partial charge in [0.05, 0.1) is 13.8 Å². The van der Waals surface area contributed by atoms with Crippen molar-refractivity contribution in [2.24, 2.45) is 5.41 Å². The lowest BCUT2D eigenvalue weighted by Crippen LogP contribution is -2.22. The minimum Gasteiger partial charge on any atom is -0.464 e. The van der Waals surface area contributed by atoms with E-state index in [2.05, 4.69) is 15.4 Å². The molecule has 0 spiro atoms. The summed E-state index contributed by atoms with van der Waals surface area (Å²) in [6.07, 6.45) is 0. The van der Waals surface area contributed by atoms with Crippen molar-refractivity contribution in [3.8, 4) is 0 Å². The summed E-state index contributed by atoms with van der Waals surface area (Å²) in [6.45, 7) is 6.73. The predicted molar refractivity (Wildman–Crippen MR) is 49.6 cm³/mol. The monoisotopic (exact) mass is 184 g/mol. The van der Waals surface area contributed by atoms with Gasteiger partial charge < -0.3 is 15.4 Å². The minimum absolute atomic E-state index is 0.0625. The Morgan fingerprint density at radius 1 is 1.38 bits per heavy atom. The molecule has 0 aliphatic carbocycles. The molecule has 4 heteroatoms. The van der Waals surface area contributed by atoms with Gasteiger partial charge in [-0.2, -0.15) is 0 Å². The van der Waals surface area contributed by atoms with Crippen LogP contribution >= 0.6 is 0 Å². The number of nitrogens with one attached hydrogen (secondary N) is 2. The molecule has 0 saturated carbocycles. The fourth-order valence-electron chi connectivity index (χ4n) is 1.31. The van der Waals surface area contributed by atoms with E-state index in [9.17, 15) is 4.79 Å². The fraction of sp³-hybridized carbons (Fsp3) is 0.667. The summed E-state index contributed by atoms with van der Waals surface area (Å²) < 4.78 is 4.66. The third kappa shape index (κ3) is 1.94. The van der Waals surface area contributed by atoms with Crippen molar-refractivity contribution in [2.75, 3.05) is 13.8 Å². The number of rotatable bonds is 1. The van der Waals surface area contributed by atoms with Crippen molar-refractivity contribution in [1.82, 2.24) is 10.6 Å². The van der Waals surface area contributed by atoms with E-state index >= 15 is 0 Å². The molecule has 13 heavy (non-hydrogen) atoms. The van der Waals surface area contributed by atoms with Gasteiger partial charge in [0, 0.05) is 11.1 Å². The molecule has 0 fully saturated rings. The van der Waals surface area contributed by atoms with Crippen LogP contribution in [0.3, 0.4) is 0 Å². The number of ether oxygens (including phenoxy) is 1. The van der Waals surface area contributed by atoms with Gasteiger partial charge in [-0.25, -0.2) is 4.79 Å². The van der Waals surface area contributed by atoms with Crippen molar-refractivity contribution in [3.63, 3.8) is 0 Å². The number of hydrogen-bond acceptors (Lipinski definition) is 4. The molecule has 0 aromatic heterocycles. The lowest BCUT2D eigenvalue weighted by molar-refractivity contribution is -0.136. The Hall–Kier alpha value is -1.19. The summed E-state index contributed by atoms with van der Waals surface area (Å²) >= 11 is 0. The van der Waals surface area contributed by atoms with E-state index < -0.39 is 0 Å². The summed E-state index contributed by atoms with van der Waals surface area (Å²) in [6, 6.07) is 0. The molecule has 0 unspecified atom stereocenters. The number of allylic oxidation sites excluding steroid dienone is 1. The van der Waals surface area contributed by atoms with E-state index in [1.807, 2.05) is 20.8 Å². The number of methoxy groups -OCH3 is 1. The molecule has 1 rings (SSSR count). The molecule has 0 aromatic rings. The maximum absolute atomic E-state index is 11.3. The van der Waals surface area contributed by atoms with Gasteiger partial charge in [-0.15, -0.1) is 0 Å². The molecule has 0 radical (unpaired) electrons. The maximum Gasteiger partial charge on any atom is 0.356 e. The average Bonchev–Trinajstić information content (AvgIpc) is 2.49. The highest BCUT2D eigenvalue weighted by molar-refractivity contribution is 5.89. The first kappa shape index (κ1) is 9.89. The Morgan fingerprint density at radius 3 is 2.46 bits per heavy atom. The summed E-state index contributed by atoms with van der Waals surface area (Å²) in [4.78, 5) is 11.3. The summed E-state index contributed by atoms with van der Waals surface area (Å²) in [5, 5.41) is 6.09. The first-order valence-electron chi connectivity index (χ1n) is 4.27. The van der Waals surface area contributed by atoms with Gasteiger partial charge in [0.15, 0.2) is 0 Å². The van der Waals surface area contributed by atoms with Gasteiger partial charge in [0.25, 0.3) is 0 Å². The lowest BCUT2D eigenvalue weighted by atomic mass is 9.91. The molecule has 1 heterocycles. The van der Waals surface area contributed by atoms with E-state index in [0.29, 0.717) is 12.4 Å². The van der Waals surface area contributed by atoms with E-state index in [0.717, 1.165) is 5.70 Å². The number of esters is 1. The van der Waals surface area contributed by atoms with E-state index in [1.54, 1.807) is 0 Å². The van der Waals surface area contributed by atoms with Gasteiger partial charge >= 0.3 is 5.97 Å². The third-order valence-electron chi connectivity index (χ3n) is 1.92. The quantitative estimate of drug-likeness (QED) is 0.585. The standard InChI is InChI=1S/C9H16N2O2/c1-9(2,3)7-6(8(12)13-4)10-5-11-7/h10-11H,5H2,1-4H3. The van der Waals surface area contributed by atoms with Crippen molar-refractivity contribution in [2.45, 2.75) is 20.8 Å². The fourth-order valence-corrected chi connectivity index (χ4v) is 1.31. The van der Waals surface area contributed by atoms with Gasteiger partial charge in [0.2, 0.25) is 0 Å². The molecule has 4 nitrogen and oxygen atoms in total. The second kappa shape index (κ2) is 3.28. The smallest absolute Gasteiger partial charge is 0.356 e. The van der Waals surface area contributed by atoms with Crippen molar-refractivity contribution in [3.05, 3.63) is 11.4 Å². The largest absolute Gasteiger partial charge is 0.464 e. The first-order chi connectivity index (χ1) is 5.96. The molecule has 0 bridgehead atoms. The zero-order valence-electron chi connectivity index (χ0n) is 8.52. The molecule has 1 aliphatic heterocycles. The molecule has 0 amide bonds. The Kier molecular flexibility index (Phi) is 2.50. The lowest BCUT2D eigenvalue weighted by Gasteiger charge is -2.20. The topological polar surface area (TPSA) is 50.4 Å². The highest BCUT2D eigenvalue weighted by Crippen LogP contribution is 2.27. The van der Waals surface area contributed by atoms with Crippen LogP contribution in [0.2, 0.25) is 0 Å². The Morgan fingerprint density at radius 2 is 2.00 bits per heavy atom. The van der Waals surface area contributed by atoms with Crippen LogP contribution in [0.1, 0.15) is 20.8 Å². The predicted octanol–water partition coefficient (Wildman–Crippen LogP) is 0.567. The molecular weight excluding hydrogens is 168 g/mol. The highest BCUT2D eigenvalue weighted by Gasteiger charge is 2.28. The SMILES string of the molecule is COC(=O)C1=C(C(C)(C)C)NCN1. The van der Waals surface area contributed by atoms with Crippen molar-refractivity contribution in [1.29, 1.82) is 0 Å². The summed E-state index contributed by atoms with van der Waals surface area (Å²) in [5.74, 6) is -0.310. The van der Waals surface area contributed by atoms with Crippen LogP contribution in [0.15, 0.2) is 11.4 Å². The van der Waals surface area contributed by atoms with E-state index in [1.165, 1.54) is 7.11 Å². The first-order valence-corrected chi connectivity index (χ1v) is 4.27. The van der Waals surface area contributed by atoms with Crippen LogP contribution < -0.4 is 10.6 Å². The molecule has 0 saturated heterocycles. The molecule has 74 valence electrons. The summed E-state index contributed by atoms with van der Waals surface area (Å²) in [7, 11) is 1.38. The van der Waals surface area contributed by atoms with Crippen LogP contribution in [0, 0.1) is 5.41 Å². The van der Waals surface area contributed by atoms with Gasteiger partial charge in [-0.1, -0.05) is 20.8 Å². The van der Waals surface area contributed by atoms with Gasteiger partial charge in [0.1, 0.15) is 5.70 Å². The minimum atomic E-state index is -0.310. The Balaban J connectivity index is 2.97. The van der Waals surface area contributed by atoms with Gasteiger partial charge in [-0.05, 0) is 0 Å². The van der Waals surface area contributed by atoms with Crippen molar-refractivity contribution < 1.29 is 9.53 Å². The Bertz CT molecular complexity index is 251. The summed E-state index contributed by atoms with van der Waals surface area (Å²) in [5.41, 5.74) is 1.40. The van der Waals surface area contributed by atoms with Crippen molar-refractivity contribution >= 4 is 5.97 Å². The maximum atomic E-state index is 11.3. The molecule has 0 aromatic carbocycles. The van der Waals surface area contributed by atoms with E-state index in [4.69, 9.17) is 0 Å². The number of carbonyl (C=O) groups is 1. The molecular formula is C9H16N2O2. The zero-order valence-corrected chi connectivity index (χ0v) is 8.52.